The van der Waals surface area contributed by atoms with E-state index in [1.165, 1.54) is 0 Å². The highest BCUT2D eigenvalue weighted by Crippen LogP contribution is 2.31. The molecule has 2 rings (SSSR count). The van der Waals surface area contributed by atoms with Gasteiger partial charge in [0.25, 0.3) is 0 Å². The number of phenolic OH excluding ortho intramolecular Hbond substituents is 1. The molecular weight excluding hydrogens is 304 g/mol. The van der Waals surface area contributed by atoms with Crippen molar-refractivity contribution in [3.8, 4) is 5.75 Å². The summed E-state index contributed by atoms with van der Waals surface area (Å²) in [4.78, 5) is 26.6. The summed E-state index contributed by atoms with van der Waals surface area (Å²) in [6.45, 7) is 8.48. The van der Waals surface area contributed by atoms with E-state index in [-0.39, 0.29) is 29.5 Å². The molecule has 1 fully saturated rings. The highest BCUT2D eigenvalue weighted by molar-refractivity contribution is 5.98. The third kappa shape index (κ3) is 3.89. The maximum absolute atomic E-state index is 12.7. The van der Waals surface area contributed by atoms with E-state index in [1.54, 1.807) is 11.0 Å². The molecule has 0 unspecified atom stereocenters. The van der Waals surface area contributed by atoms with Crippen molar-refractivity contribution in [1.29, 1.82) is 0 Å². The minimum absolute atomic E-state index is 0.0560. The number of nitrogens with one attached hydrogen (secondary N) is 1. The normalized spacial score (nSPS) is 17.4. The number of benzene rings is 1. The standard InChI is InChI=1S/C19H28N2O3/c1-5-7-18(23)21-9-6-8-16(21)19(24)20-15-11-14(12(2)3)17(22)10-13(15)4/h10-12,16,22H,5-9H2,1-4H3,(H,20,24)/t16-/m0/s1. The van der Waals surface area contributed by atoms with Crippen LogP contribution in [0.25, 0.3) is 0 Å². The molecule has 0 spiro atoms. The molecule has 5 heteroatoms. The summed E-state index contributed by atoms with van der Waals surface area (Å²) < 4.78 is 0. The molecule has 1 atom stereocenters. The van der Waals surface area contributed by atoms with Gasteiger partial charge in [0, 0.05) is 18.7 Å². The zero-order valence-electron chi connectivity index (χ0n) is 15.1. The van der Waals surface area contributed by atoms with Crippen LogP contribution in [0.4, 0.5) is 5.69 Å². The third-order valence-corrected chi connectivity index (χ3v) is 4.59. The summed E-state index contributed by atoms with van der Waals surface area (Å²) in [6.07, 6.45) is 2.84. The first-order valence-corrected chi connectivity index (χ1v) is 8.79. The minimum Gasteiger partial charge on any atom is -0.508 e. The number of aromatic hydroxyl groups is 1. The molecule has 2 amide bonds. The molecule has 132 valence electrons. The fourth-order valence-corrected chi connectivity index (χ4v) is 3.22. The van der Waals surface area contributed by atoms with Gasteiger partial charge in [-0.05, 0) is 55.4 Å². The Balaban J connectivity index is 2.17. The number of hydrogen-bond acceptors (Lipinski definition) is 3. The van der Waals surface area contributed by atoms with Gasteiger partial charge in [0.1, 0.15) is 11.8 Å². The van der Waals surface area contributed by atoms with Gasteiger partial charge in [0.2, 0.25) is 11.8 Å². The molecule has 0 bridgehead atoms. The molecule has 1 aliphatic rings. The fraction of sp³-hybridized carbons (Fsp3) is 0.579. The van der Waals surface area contributed by atoms with Gasteiger partial charge >= 0.3 is 0 Å². The van der Waals surface area contributed by atoms with Crippen LogP contribution in [0, 0.1) is 6.92 Å². The van der Waals surface area contributed by atoms with E-state index in [4.69, 9.17) is 0 Å². The lowest BCUT2D eigenvalue weighted by Crippen LogP contribution is -2.43. The number of carbonyl (C=O) groups excluding carboxylic acids is 2. The van der Waals surface area contributed by atoms with Crippen molar-refractivity contribution in [3.63, 3.8) is 0 Å². The molecule has 1 saturated heterocycles. The van der Waals surface area contributed by atoms with Crippen LogP contribution in [0.3, 0.4) is 0 Å². The first-order valence-electron chi connectivity index (χ1n) is 8.79. The van der Waals surface area contributed by atoms with Gasteiger partial charge in [0.15, 0.2) is 0 Å². The van der Waals surface area contributed by atoms with E-state index in [0.29, 0.717) is 25.1 Å². The summed E-state index contributed by atoms with van der Waals surface area (Å²) in [7, 11) is 0. The minimum atomic E-state index is -0.389. The van der Waals surface area contributed by atoms with E-state index >= 15 is 0 Å². The van der Waals surface area contributed by atoms with Crippen LogP contribution in [0.5, 0.6) is 5.75 Å². The Morgan fingerprint density at radius 3 is 2.71 bits per heavy atom. The van der Waals surface area contributed by atoms with Gasteiger partial charge in [-0.25, -0.2) is 0 Å². The Morgan fingerprint density at radius 2 is 2.08 bits per heavy atom. The van der Waals surface area contributed by atoms with Gasteiger partial charge in [-0.3, -0.25) is 9.59 Å². The predicted octanol–water partition coefficient (Wildman–Crippen LogP) is 3.55. The maximum Gasteiger partial charge on any atom is 0.247 e. The smallest absolute Gasteiger partial charge is 0.247 e. The van der Waals surface area contributed by atoms with Gasteiger partial charge in [-0.1, -0.05) is 20.8 Å². The van der Waals surface area contributed by atoms with Crippen LogP contribution < -0.4 is 5.32 Å². The molecule has 24 heavy (non-hydrogen) atoms. The zero-order valence-corrected chi connectivity index (χ0v) is 15.1. The van der Waals surface area contributed by atoms with Crippen LogP contribution in [0.2, 0.25) is 0 Å². The monoisotopic (exact) mass is 332 g/mol. The van der Waals surface area contributed by atoms with E-state index in [0.717, 1.165) is 24.0 Å². The third-order valence-electron chi connectivity index (χ3n) is 4.59. The number of rotatable bonds is 5. The zero-order chi connectivity index (χ0) is 17.9. The number of likely N-dealkylation sites (tertiary alicyclic amines) is 1. The number of phenols is 1. The number of carbonyl (C=O) groups is 2. The molecule has 1 aromatic rings. The molecule has 0 radical (unpaired) electrons. The number of nitrogens with zero attached hydrogens (tertiary/aromatic N) is 1. The van der Waals surface area contributed by atoms with E-state index < -0.39 is 0 Å². The number of hydrogen-bond donors (Lipinski definition) is 2. The average molecular weight is 332 g/mol. The molecule has 1 aromatic carbocycles. The molecular formula is C19H28N2O3. The van der Waals surface area contributed by atoms with E-state index in [2.05, 4.69) is 5.32 Å². The summed E-state index contributed by atoms with van der Waals surface area (Å²) in [5.74, 6) is 0.331. The molecule has 0 saturated carbocycles. The van der Waals surface area contributed by atoms with Crippen molar-refractivity contribution >= 4 is 17.5 Å². The molecule has 0 aliphatic carbocycles. The van der Waals surface area contributed by atoms with Crippen molar-refractivity contribution in [3.05, 3.63) is 23.3 Å². The Kier molecular flexibility index (Phi) is 5.86. The van der Waals surface area contributed by atoms with Gasteiger partial charge < -0.3 is 15.3 Å². The lowest BCUT2D eigenvalue weighted by molar-refractivity contribution is -0.136. The predicted molar refractivity (Wildman–Crippen MR) is 95.2 cm³/mol. The maximum atomic E-state index is 12.7. The van der Waals surface area contributed by atoms with Gasteiger partial charge in [0.05, 0.1) is 0 Å². The Bertz CT molecular complexity index is 625. The highest BCUT2D eigenvalue weighted by Gasteiger charge is 2.33. The number of anilines is 1. The molecule has 1 heterocycles. The van der Waals surface area contributed by atoms with Gasteiger partial charge in [-0.2, -0.15) is 0 Å². The number of amides is 2. The second-order valence-corrected chi connectivity index (χ2v) is 6.87. The lowest BCUT2D eigenvalue weighted by atomic mass is 9.99. The topological polar surface area (TPSA) is 69.6 Å². The van der Waals surface area contributed by atoms with E-state index in [9.17, 15) is 14.7 Å². The summed E-state index contributed by atoms with van der Waals surface area (Å²) in [5.41, 5.74) is 2.33. The Hall–Kier alpha value is -2.04. The highest BCUT2D eigenvalue weighted by atomic mass is 16.3. The Labute approximate surface area is 144 Å². The molecule has 2 N–H and O–H groups in total. The second-order valence-electron chi connectivity index (χ2n) is 6.87. The van der Waals surface area contributed by atoms with Crippen molar-refractivity contribution in [1.82, 2.24) is 4.90 Å². The summed E-state index contributed by atoms with van der Waals surface area (Å²) >= 11 is 0. The molecule has 0 aromatic heterocycles. The summed E-state index contributed by atoms with van der Waals surface area (Å²) in [5, 5.41) is 13.0. The first-order chi connectivity index (χ1) is 11.3. The van der Waals surface area contributed by atoms with Crippen LogP contribution in [0.15, 0.2) is 12.1 Å². The molecule has 1 aliphatic heterocycles. The van der Waals surface area contributed by atoms with Crippen molar-refractivity contribution < 1.29 is 14.7 Å². The van der Waals surface area contributed by atoms with Crippen LogP contribution in [0.1, 0.15) is 63.5 Å². The SMILES string of the molecule is CCCC(=O)N1CCC[C@H]1C(=O)Nc1cc(C(C)C)c(O)cc1C. The number of aryl methyl sites for hydroxylation is 1. The summed E-state index contributed by atoms with van der Waals surface area (Å²) in [6, 6.07) is 3.12. The van der Waals surface area contributed by atoms with Crippen molar-refractivity contribution in [2.45, 2.75) is 65.3 Å². The fourth-order valence-electron chi connectivity index (χ4n) is 3.22. The van der Waals surface area contributed by atoms with Crippen LogP contribution in [-0.2, 0) is 9.59 Å². The van der Waals surface area contributed by atoms with Crippen LogP contribution >= 0.6 is 0 Å². The Morgan fingerprint density at radius 1 is 1.38 bits per heavy atom. The lowest BCUT2D eigenvalue weighted by Gasteiger charge is -2.24. The second kappa shape index (κ2) is 7.69. The van der Waals surface area contributed by atoms with Crippen molar-refractivity contribution in [2.75, 3.05) is 11.9 Å². The largest absolute Gasteiger partial charge is 0.508 e. The van der Waals surface area contributed by atoms with Crippen LogP contribution in [-0.4, -0.2) is 34.4 Å². The van der Waals surface area contributed by atoms with E-state index in [1.807, 2.05) is 33.8 Å². The average Bonchev–Trinajstić information content (AvgIpc) is 2.99. The van der Waals surface area contributed by atoms with Gasteiger partial charge in [-0.15, -0.1) is 0 Å². The molecule has 5 nitrogen and oxygen atoms in total. The van der Waals surface area contributed by atoms with Crippen molar-refractivity contribution in [2.24, 2.45) is 0 Å². The quantitative estimate of drug-likeness (QED) is 0.810. The first kappa shape index (κ1) is 18.3.